The second-order valence-corrected chi connectivity index (χ2v) is 6.80. The highest BCUT2D eigenvalue weighted by Gasteiger charge is 2.03. The number of hydrogen-bond donors (Lipinski definition) is 2. The first-order valence-corrected chi connectivity index (χ1v) is 8.74. The molecular formula is C22H20N4. The van der Waals surface area contributed by atoms with Gasteiger partial charge in [-0.15, -0.1) is 0 Å². The summed E-state index contributed by atoms with van der Waals surface area (Å²) < 4.78 is 4.39. The lowest BCUT2D eigenvalue weighted by Crippen LogP contribution is -2.13. The van der Waals surface area contributed by atoms with Crippen LogP contribution in [-0.2, 0) is 14.1 Å². The van der Waals surface area contributed by atoms with Gasteiger partial charge in [-0.3, -0.25) is 0 Å². The quantitative estimate of drug-likeness (QED) is 0.416. The summed E-state index contributed by atoms with van der Waals surface area (Å²) in [5, 5.41) is 4.39. The van der Waals surface area contributed by atoms with Crippen LogP contribution in [0.15, 0.2) is 48.5 Å². The fourth-order valence-electron chi connectivity index (χ4n) is 3.50. The molecule has 1 aliphatic heterocycles. The first-order chi connectivity index (χ1) is 12.7. The van der Waals surface area contributed by atoms with Gasteiger partial charge < -0.3 is 19.1 Å². The number of H-pyrrole nitrogens is 2. The van der Waals surface area contributed by atoms with Crippen molar-refractivity contribution in [2.45, 2.75) is 0 Å². The van der Waals surface area contributed by atoms with Crippen LogP contribution in [0.4, 0.5) is 0 Å². The van der Waals surface area contributed by atoms with Crippen molar-refractivity contribution in [2.75, 3.05) is 0 Å². The molecule has 4 aromatic rings. The molecule has 0 radical (unpaired) electrons. The number of aromatic nitrogens is 4. The molecule has 0 fully saturated rings. The van der Waals surface area contributed by atoms with E-state index in [4.69, 9.17) is 0 Å². The third kappa shape index (κ3) is 2.47. The van der Waals surface area contributed by atoms with Gasteiger partial charge >= 0.3 is 0 Å². The molecule has 8 bridgehead atoms. The van der Waals surface area contributed by atoms with Crippen LogP contribution < -0.4 is 21.4 Å². The fraction of sp³-hybridized carbons (Fsp3) is 0.0909. The molecule has 4 nitrogen and oxygen atoms in total. The predicted octanol–water partition coefficient (Wildman–Crippen LogP) is 0.648. The number of nitrogens with zero attached hydrogens (tertiary/aromatic N) is 2. The average Bonchev–Trinajstić information content (AvgIpc) is 3.39. The topological polar surface area (TPSA) is 41.4 Å². The molecule has 0 unspecified atom stereocenters. The van der Waals surface area contributed by atoms with Crippen LogP contribution >= 0.6 is 0 Å². The van der Waals surface area contributed by atoms with E-state index in [-0.39, 0.29) is 0 Å². The Morgan fingerprint density at radius 2 is 0.731 bits per heavy atom. The summed E-state index contributed by atoms with van der Waals surface area (Å²) in [5.74, 6) is 0. The Bertz CT molecular complexity index is 1150. The maximum Gasteiger partial charge on any atom is 0.0429 e. The minimum absolute atomic E-state index is 1.10. The summed E-state index contributed by atoms with van der Waals surface area (Å²) in [6.45, 7) is 0. The van der Waals surface area contributed by atoms with Crippen molar-refractivity contribution in [2.24, 2.45) is 14.1 Å². The van der Waals surface area contributed by atoms with E-state index in [1.54, 1.807) is 0 Å². The molecule has 0 spiro atoms. The summed E-state index contributed by atoms with van der Waals surface area (Å²) in [5.41, 5.74) is 4.65. The van der Waals surface area contributed by atoms with E-state index in [1.165, 1.54) is 0 Å². The lowest BCUT2D eigenvalue weighted by atomic mass is 10.3. The van der Waals surface area contributed by atoms with Crippen molar-refractivity contribution in [3.63, 3.8) is 0 Å². The van der Waals surface area contributed by atoms with Gasteiger partial charge in [0.2, 0.25) is 0 Å². The Morgan fingerprint density at radius 3 is 1.00 bits per heavy atom. The van der Waals surface area contributed by atoms with E-state index in [9.17, 15) is 0 Å². The summed E-state index contributed by atoms with van der Waals surface area (Å²) in [7, 11) is 4.19. The molecule has 4 aromatic heterocycles. The van der Waals surface area contributed by atoms with Gasteiger partial charge in [-0.25, -0.2) is 0 Å². The molecule has 128 valence electrons. The van der Waals surface area contributed by atoms with Gasteiger partial charge in [-0.1, -0.05) is 0 Å². The molecule has 2 N–H and O–H groups in total. The van der Waals surface area contributed by atoms with Crippen molar-refractivity contribution in [3.8, 4) is 0 Å². The minimum atomic E-state index is 1.10. The van der Waals surface area contributed by atoms with Crippen molar-refractivity contribution in [1.82, 2.24) is 19.1 Å². The molecule has 1 aliphatic rings. The molecular weight excluding hydrogens is 320 g/mol. The van der Waals surface area contributed by atoms with E-state index >= 15 is 0 Å². The zero-order chi connectivity index (χ0) is 17.7. The van der Waals surface area contributed by atoms with Gasteiger partial charge in [0.15, 0.2) is 0 Å². The number of rotatable bonds is 0. The smallest absolute Gasteiger partial charge is 0.0429 e. The first kappa shape index (κ1) is 14.9. The van der Waals surface area contributed by atoms with Gasteiger partial charge in [0.25, 0.3) is 0 Å². The molecule has 5 rings (SSSR count). The van der Waals surface area contributed by atoms with Crippen molar-refractivity contribution in [1.29, 1.82) is 0 Å². The molecule has 26 heavy (non-hydrogen) atoms. The number of aromatic amines is 2. The Morgan fingerprint density at radius 1 is 0.462 bits per heavy atom. The predicted molar refractivity (Wildman–Crippen MR) is 105 cm³/mol. The Balaban J connectivity index is 1.84. The molecule has 4 heteroatoms. The van der Waals surface area contributed by atoms with Crippen molar-refractivity contribution < 1.29 is 0 Å². The largest absolute Gasteiger partial charge is 0.355 e. The van der Waals surface area contributed by atoms with Crippen LogP contribution in [0, 0.1) is 0 Å². The SMILES string of the molecule is Cn1c2ccc1/C=c1/cc/c([nH]1)=C/c1ccc(n1C)/C=c1/cc/c([nH]1)=C/2. The Labute approximate surface area is 150 Å². The molecule has 0 amide bonds. The van der Waals surface area contributed by atoms with Crippen LogP contribution in [0.2, 0.25) is 0 Å². The van der Waals surface area contributed by atoms with Gasteiger partial charge in [-0.05, 0) is 72.8 Å². The molecule has 0 aliphatic carbocycles. The maximum atomic E-state index is 3.48. The van der Waals surface area contributed by atoms with Gasteiger partial charge in [0, 0.05) is 58.3 Å². The second kappa shape index (κ2) is 5.56. The summed E-state index contributed by atoms with van der Waals surface area (Å²) in [6.07, 6.45) is 8.69. The van der Waals surface area contributed by atoms with Crippen molar-refractivity contribution >= 4 is 24.3 Å². The monoisotopic (exact) mass is 340 g/mol. The third-order valence-corrected chi connectivity index (χ3v) is 5.07. The van der Waals surface area contributed by atoms with Crippen molar-refractivity contribution in [3.05, 3.63) is 92.7 Å². The molecule has 0 aromatic carbocycles. The van der Waals surface area contributed by atoms with E-state index in [1.807, 2.05) is 0 Å². The van der Waals surface area contributed by atoms with E-state index in [0.29, 0.717) is 0 Å². The number of nitrogens with one attached hydrogen (secondary N) is 2. The Hall–Kier alpha value is -3.40. The molecule has 0 saturated heterocycles. The van der Waals surface area contributed by atoms with Crippen LogP contribution in [0.25, 0.3) is 24.3 Å². The van der Waals surface area contributed by atoms with Crippen LogP contribution in [0.5, 0.6) is 0 Å². The summed E-state index contributed by atoms with van der Waals surface area (Å²) >= 11 is 0. The van der Waals surface area contributed by atoms with E-state index in [2.05, 4.69) is 106 Å². The standard InChI is InChI=1S/C22H20N4/c1-25-19-7-8-20(25)12-16-4-6-18(24-16)14-22-10-9-21(26(22)2)13-17-5-3-15(11-19)23-17/h3-14,23-24H,1-2H3/b15-11-,16-12-,17-13-,18-14-,19-11?,20-12?,21-13?,22-14?. The lowest BCUT2D eigenvalue weighted by molar-refractivity contribution is 0.897. The second-order valence-electron chi connectivity index (χ2n) is 6.80. The summed E-state index contributed by atoms with van der Waals surface area (Å²) in [6, 6.07) is 17.1. The van der Waals surface area contributed by atoms with Crippen LogP contribution in [0.1, 0.15) is 22.8 Å². The Kier molecular flexibility index (Phi) is 3.19. The highest BCUT2D eigenvalue weighted by Crippen LogP contribution is 2.10. The van der Waals surface area contributed by atoms with Crippen LogP contribution in [0.3, 0.4) is 0 Å². The first-order valence-electron chi connectivity index (χ1n) is 8.74. The summed E-state index contributed by atoms with van der Waals surface area (Å²) in [4.78, 5) is 6.97. The van der Waals surface area contributed by atoms with Gasteiger partial charge in [0.1, 0.15) is 0 Å². The van der Waals surface area contributed by atoms with Gasteiger partial charge in [0.05, 0.1) is 0 Å². The number of fused-ring (bicyclic) bond motifs is 8. The molecule has 0 atom stereocenters. The van der Waals surface area contributed by atoms with E-state index in [0.717, 1.165) is 44.2 Å². The zero-order valence-corrected chi connectivity index (χ0v) is 14.8. The number of hydrogen-bond acceptors (Lipinski definition) is 0. The third-order valence-electron chi connectivity index (χ3n) is 5.07. The average molecular weight is 340 g/mol. The molecule has 5 heterocycles. The fourth-order valence-corrected chi connectivity index (χ4v) is 3.50. The molecule has 0 saturated carbocycles. The van der Waals surface area contributed by atoms with Gasteiger partial charge in [-0.2, -0.15) is 0 Å². The zero-order valence-electron chi connectivity index (χ0n) is 14.8. The van der Waals surface area contributed by atoms with E-state index < -0.39 is 0 Å². The highest BCUT2D eigenvalue weighted by atomic mass is 15.0. The lowest BCUT2D eigenvalue weighted by Gasteiger charge is -2.01. The minimum Gasteiger partial charge on any atom is -0.355 e. The highest BCUT2D eigenvalue weighted by molar-refractivity contribution is 5.56. The van der Waals surface area contributed by atoms with Crippen LogP contribution in [-0.4, -0.2) is 19.1 Å². The normalized spacial score (nSPS) is 17.9. The maximum absolute atomic E-state index is 3.48.